The Hall–Kier alpha value is -2.16. The summed E-state index contributed by atoms with van der Waals surface area (Å²) in [5.41, 5.74) is 0.0862. The Morgan fingerprint density at radius 3 is 2.22 bits per heavy atom. The molecule has 96 valence electrons. The highest BCUT2D eigenvalue weighted by molar-refractivity contribution is 5.81. The molecule has 0 saturated heterocycles. The van der Waals surface area contributed by atoms with E-state index in [2.05, 4.69) is 9.78 Å². The Bertz CT molecular complexity index is 479. The van der Waals surface area contributed by atoms with Crippen LogP contribution >= 0.6 is 0 Å². The van der Waals surface area contributed by atoms with Crippen LogP contribution in [-0.2, 0) is 25.2 Å². The Morgan fingerprint density at radius 1 is 1.17 bits per heavy atom. The molecule has 0 amide bonds. The van der Waals surface area contributed by atoms with Gasteiger partial charge < -0.3 is 20.1 Å². The van der Waals surface area contributed by atoms with Crippen molar-refractivity contribution in [3.05, 3.63) is 29.8 Å². The van der Waals surface area contributed by atoms with Crippen molar-refractivity contribution in [2.24, 2.45) is 0 Å². The van der Waals surface area contributed by atoms with E-state index < -0.39 is 24.0 Å². The molecule has 3 N–H and O–H groups in total. The van der Waals surface area contributed by atoms with Crippen LogP contribution in [0.1, 0.15) is 5.56 Å². The molecular weight excluding hydrogens is 248 g/mol. The Labute approximate surface area is 99.9 Å². The maximum Gasteiger partial charge on any atom is 0.431 e. The fourth-order valence-corrected chi connectivity index (χ4v) is 1.32. The summed E-state index contributed by atoms with van der Waals surface area (Å²) >= 11 is 0. The summed E-state index contributed by atoms with van der Waals surface area (Å²) in [7, 11) is 0. The quantitative estimate of drug-likeness (QED) is 0.333. The third-order valence-electron chi connectivity index (χ3n) is 2.20. The van der Waals surface area contributed by atoms with Crippen LogP contribution in [0.5, 0.6) is 5.75 Å². The molecule has 0 saturated carbocycles. The number of carbonyl (C=O) groups is 2. The number of aliphatic hydroxyl groups is 3. The van der Waals surface area contributed by atoms with Gasteiger partial charge in [-0.3, -0.25) is 0 Å². The lowest BCUT2D eigenvalue weighted by Gasteiger charge is -2.29. The number of fused-ring (bicyclic) bond motifs is 3. The molecule has 3 rings (SSSR count). The van der Waals surface area contributed by atoms with Crippen molar-refractivity contribution in [3.8, 4) is 5.75 Å². The first-order chi connectivity index (χ1) is 8.43. The Kier molecular flexibility index (Phi) is 2.91. The number of hydrogen-bond acceptors (Lipinski definition) is 8. The van der Waals surface area contributed by atoms with E-state index in [4.69, 9.17) is 14.9 Å². The summed E-state index contributed by atoms with van der Waals surface area (Å²) in [6, 6.07) is 5.87. The first-order valence-electron chi connectivity index (χ1n) is 4.74. The summed E-state index contributed by atoms with van der Waals surface area (Å²) in [4.78, 5) is 29.9. The lowest BCUT2D eigenvalue weighted by molar-refractivity contribution is -0.297. The van der Waals surface area contributed by atoms with Crippen molar-refractivity contribution in [1.82, 2.24) is 0 Å². The highest BCUT2D eigenvalue weighted by Gasteiger charge is 2.47. The Balaban J connectivity index is 2.05. The molecule has 0 aliphatic carbocycles. The van der Waals surface area contributed by atoms with Crippen LogP contribution < -0.4 is 4.74 Å². The lowest BCUT2D eigenvalue weighted by atomic mass is 10.0. The molecule has 1 unspecified atom stereocenters. The predicted molar refractivity (Wildman–Crippen MR) is 51.4 cm³/mol. The molecule has 18 heavy (non-hydrogen) atoms. The number of ether oxygens (including phenoxy) is 1. The van der Waals surface area contributed by atoms with E-state index in [1.165, 1.54) is 24.3 Å². The zero-order chi connectivity index (χ0) is 13.3. The fraction of sp³-hybridized carbons (Fsp3) is 0.200. The molecule has 0 aromatic heterocycles. The highest BCUT2D eigenvalue weighted by Crippen LogP contribution is 2.33. The van der Waals surface area contributed by atoms with Crippen molar-refractivity contribution in [2.75, 3.05) is 0 Å². The number of aliphatic hydroxyl groups excluding tert-OH is 1. The summed E-state index contributed by atoms with van der Waals surface area (Å²) < 4.78 is 4.90. The minimum Gasteiger partial charge on any atom is -0.448 e. The van der Waals surface area contributed by atoms with E-state index in [1.807, 2.05) is 0 Å². The second kappa shape index (κ2) is 4.26. The third kappa shape index (κ3) is 1.99. The summed E-state index contributed by atoms with van der Waals surface area (Å²) in [6.07, 6.45) is -2.45. The minimum absolute atomic E-state index is 0.0862. The second-order valence-corrected chi connectivity index (χ2v) is 3.42. The van der Waals surface area contributed by atoms with Crippen LogP contribution in [0.3, 0.4) is 0 Å². The van der Waals surface area contributed by atoms with Crippen LogP contribution in [0, 0.1) is 0 Å². The molecule has 0 fully saturated rings. The van der Waals surface area contributed by atoms with Gasteiger partial charge in [-0.25, -0.2) is 19.4 Å². The van der Waals surface area contributed by atoms with Crippen LogP contribution in [-0.4, -0.2) is 33.5 Å². The second-order valence-electron chi connectivity index (χ2n) is 3.42. The monoisotopic (exact) mass is 256 g/mol. The molecule has 1 atom stereocenters. The van der Waals surface area contributed by atoms with Crippen LogP contribution in [0.4, 0.5) is 0 Å². The van der Waals surface area contributed by atoms with Gasteiger partial charge in [0.25, 0.3) is 6.29 Å². The van der Waals surface area contributed by atoms with Crippen molar-refractivity contribution >= 4 is 11.9 Å². The maximum atomic E-state index is 11.5. The summed E-state index contributed by atoms with van der Waals surface area (Å²) in [5.74, 6) is -5.22. The average molecular weight is 256 g/mol. The molecule has 1 aromatic carbocycles. The molecule has 0 spiro atoms. The zero-order valence-corrected chi connectivity index (χ0v) is 8.77. The topological polar surface area (TPSA) is 123 Å². The van der Waals surface area contributed by atoms with E-state index in [-0.39, 0.29) is 11.3 Å². The van der Waals surface area contributed by atoms with E-state index >= 15 is 0 Å². The first-order valence-corrected chi connectivity index (χ1v) is 4.74. The van der Waals surface area contributed by atoms with Crippen molar-refractivity contribution in [3.63, 3.8) is 0 Å². The van der Waals surface area contributed by atoms with Gasteiger partial charge in [-0.05, 0) is 24.3 Å². The Morgan fingerprint density at radius 2 is 1.78 bits per heavy atom. The van der Waals surface area contributed by atoms with Gasteiger partial charge in [0.05, 0.1) is 0 Å². The van der Waals surface area contributed by atoms with Crippen molar-refractivity contribution < 1.29 is 39.4 Å². The smallest absolute Gasteiger partial charge is 0.431 e. The summed E-state index contributed by atoms with van der Waals surface area (Å²) in [5, 5.41) is 26.7. The number of carbonyl (C=O) groups excluding carboxylic acids is 2. The van der Waals surface area contributed by atoms with Gasteiger partial charge in [-0.15, -0.1) is 0 Å². The molecule has 2 bridgehead atoms. The third-order valence-corrected chi connectivity index (χ3v) is 2.20. The first kappa shape index (κ1) is 12.3. The van der Waals surface area contributed by atoms with Gasteiger partial charge in [-0.2, -0.15) is 0 Å². The standard InChI is InChI=1S/C10H8O8/c11-7(12)8(13)17-18-9(14)10(15)5-1-3-6(16-10)4-2-5/h1-4,7,11-12,15H. The van der Waals surface area contributed by atoms with Gasteiger partial charge in [0, 0.05) is 5.56 Å². The largest absolute Gasteiger partial charge is 0.448 e. The molecular formula is C10H8O8. The van der Waals surface area contributed by atoms with Gasteiger partial charge in [-0.1, -0.05) is 0 Å². The van der Waals surface area contributed by atoms with Crippen LogP contribution in [0.25, 0.3) is 0 Å². The van der Waals surface area contributed by atoms with Gasteiger partial charge in [0.2, 0.25) is 0 Å². The normalized spacial score (nSPS) is 20.4. The molecule has 0 radical (unpaired) electrons. The van der Waals surface area contributed by atoms with Gasteiger partial charge >= 0.3 is 17.7 Å². The minimum atomic E-state index is -2.45. The van der Waals surface area contributed by atoms with Crippen LogP contribution in [0.15, 0.2) is 24.3 Å². The van der Waals surface area contributed by atoms with E-state index in [1.54, 1.807) is 0 Å². The summed E-state index contributed by atoms with van der Waals surface area (Å²) in [6.45, 7) is 0. The average Bonchev–Trinajstić information content (AvgIpc) is 2.36. The molecule has 1 aromatic rings. The van der Waals surface area contributed by atoms with E-state index in [0.29, 0.717) is 0 Å². The maximum absolute atomic E-state index is 11.5. The zero-order valence-electron chi connectivity index (χ0n) is 8.77. The SMILES string of the molecule is O=C(OOC(=O)C1(O)Oc2ccc1cc2)C(O)O. The molecule has 8 nitrogen and oxygen atoms in total. The van der Waals surface area contributed by atoms with Crippen molar-refractivity contribution in [2.45, 2.75) is 12.1 Å². The van der Waals surface area contributed by atoms with E-state index in [9.17, 15) is 14.7 Å². The molecule has 2 aliphatic heterocycles. The van der Waals surface area contributed by atoms with Gasteiger partial charge in [0.15, 0.2) is 0 Å². The predicted octanol–water partition coefficient (Wildman–Crippen LogP) is -1.46. The fourth-order valence-electron chi connectivity index (χ4n) is 1.32. The molecule has 2 heterocycles. The molecule has 8 heteroatoms. The number of benzene rings is 1. The van der Waals surface area contributed by atoms with Crippen molar-refractivity contribution in [1.29, 1.82) is 0 Å². The number of hydrogen-bond donors (Lipinski definition) is 3. The highest BCUT2D eigenvalue weighted by atomic mass is 17.2. The molecule has 2 aliphatic rings. The lowest BCUT2D eigenvalue weighted by Crippen LogP contribution is -2.45. The van der Waals surface area contributed by atoms with Crippen LogP contribution in [0.2, 0.25) is 0 Å². The van der Waals surface area contributed by atoms with Gasteiger partial charge in [0.1, 0.15) is 5.75 Å². The number of rotatable bonds is 2. The van der Waals surface area contributed by atoms with E-state index in [0.717, 1.165) is 0 Å².